The monoisotopic (exact) mass is 447 g/mol. The number of thiophene rings is 1. The molecule has 0 amide bonds. The molecule has 0 N–H and O–H groups in total. The highest BCUT2D eigenvalue weighted by molar-refractivity contribution is 7.22. The molecule has 0 aliphatic rings. The Morgan fingerprint density at radius 1 is 1.03 bits per heavy atom. The second kappa shape index (κ2) is 8.80. The average Bonchev–Trinajstić information content (AvgIpc) is 3.17. The van der Waals surface area contributed by atoms with Crippen molar-refractivity contribution in [1.29, 1.82) is 0 Å². The molecule has 0 aliphatic carbocycles. The van der Waals surface area contributed by atoms with Crippen molar-refractivity contribution in [2.75, 3.05) is 13.7 Å². The Morgan fingerprint density at radius 2 is 1.72 bits per heavy atom. The molecule has 0 saturated carbocycles. The minimum absolute atomic E-state index is 0.128. The number of carbonyl (C=O) groups excluding carboxylic acids is 2. The Balaban J connectivity index is 2.00. The highest BCUT2D eigenvalue weighted by Gasteiger charge is 2.24. The van der Waals surface area contributed by atoms with Crippen LogP contribution in [0.4, 0.5) is 0 Å². The minimum Gasteiger partial charge on any atom is -0.497 e. The molecule has 2 heterocycles. The lowest BCUT2D eigenvalue weighted by Gasteiger charge is -2.10. The predicted octanol–water partition coefficient (Wildman–Crippen LogP) is 4.91. The molecule has 0 atom stereocenters. The minimum atomic E-state index is -0.745. The lowest BCUT2D eigenvalue weighted by molar-refractivity contribution is 0.0524. The fraction of sp³-hybridized carbons (Fsp3) is 0.160. The van der Waals surface area contributed by atoms with E-state index >= 15 is 0 Å². The summed E-state index contributed by atoms with van der Waals surface area (Å²) in [4.78, 5) is 40.5. The van der Waals surface area contributed by atoms with Gasteiger partial charge in [-0.1, -0.05) is 18.2 Å². The number of methoxy groups -OCH3 is 1. The maximum absolute atomic E-state index is 13.3. The molecule has 0 fully saturated rings. The van der Waals surface area contributed by atoms with E-state index < -0.39 is 11.4 Å². The van der Waals surface area contributed by atoms with Gasteiger partial charge in [0.25, 0.3) is 5.91 Å². The largest absolute Gasteiger partial charge is 0.497 e. The maximum Gasteiger partial charge on any atom is 0.343 e. The summed E-state index contributed by atoms with van der Waals surface area (Å²) in [5, 5.41) is 0.343. The highest BCUT2D eigenvalue weighted by Crippen LogP contribution is 2.37. The van der Waals surface area contributed by atoms with Crippen LogP contribution in [0.1, 0.15) is 33.2 Å². The Kier molecular flexibility index (Phi) is 5.92. The van der Waals surface area contributed by atoms with Crippen LogP contribution >= 0.6 is 11.3 Å². The Hall–Kier alpha value is -3.71. The van der Waals surface area contributed by atoms with E-state index in [2.05, 4.69) is 0 Å². The topological polar surface area (TPSA) is 74.6 Å². The smallest absolute Gasteiger partial charge is 0.343 e. The summed E-state index contributed by atoms with van der Waals surface area (Å²) < 4.78 is 11.7. The van der Waals surface area contributed by atoms with E-state index in [1.165, 1.54) is 22.1 Å². The van der Waals surface area contributed by atoms with E-state index in [0.717, 1.165) is 16.2 Å². The van der Waals surface area contributed by atoms with E-state index in [0.29, 0.717) is 21.3 Å². The number of ether oxygens (including phenoxy) is 2. The van der Waals surface area contributed by atoms with Crippen molar-refractivity contribution in [3.05, 3.63) is 87.7 Å². The summed E-state index contributed by atoms with van der Waals surface area (Å²) >= 11 is 1.34. The molecule has 7 heteroatoms. The van der Waals surface area contributed by atoms with Gasteiger partial charge in [-0.3, -0.25) is 14.2 Å². The number of aromatic nitrogens is 1. The second-order valence-corrected chi connectivity index (χ2v) is 8.10. The fourth-order valence-corrected chi connectivity index (χ4v) is 4.84. The van der Waals surface area contributed by atoms with Crippen molar-refractivity contribution >= 4 is 33.4 Å². The van der Waals surface area contributed by atoms with Crippen LogP contribution in [0.3, 0.4) is 0 Å². The molecule has 0 radical (unpaired) electrons. The van der Waals surface area contributed by atoms with Gasteiger partial charge in [-0.2, -0.15) is 0 Å². The molecule has 162 valence electrons. The standard InChI is InChI=1S/C25H21NO5S/c1-4-31-25(29)19-14-26(23(28)17-8-6-5-7-9-17)24-20(21(19)27)15(2)22(32-24)16-10-12-18(30-3)13-11-16/h5-14H,4H2,1-3H3. The van der Waals surface area contributed by atoms with E-state index in [4.69, 9.17) is 9.47 Å². The molecule has 4 rings (SSSR count). The molecule has 6 nitrogen and oxygen atoms in total. The van der Waals surface area contributed by atoms with E-state index in [9.17, 15) is 14.4 Å². The van der Waals surface area contributed by atoms with Gasteiger partial charge in [-0.25, -0.2) is 4.79 Å². The lowest BCUT2D eigenvalue weighted by atomic mass is 10.1. The van der Waals surface area contributed by atoms with Crippen LogP contribution in [0.2, 0.25) is 0 Å². The van der Waals surface area contributed by atoms with Gasteiger partial charge in [0.15, 0.2) is 0 Å². The van der Waals surface area contributed by atoms with E-state index in [1.54, 1.807) is 38.3 Å². The summed E-state index contributed by atoms with van der Waals surface area (Å²) in [6, 6.07) is 16.2. The molecule has 4 aromatic rings. The molecule has 0 unspecified atom stereocenters. The van der Waals surface area contributed by atoms with Crippen molar-refractivity contribution in [2.24, 2.45) is 0 Å². The zero-order valence-electron chi connectivity index (χ0n) is 17.9. The Labute approximate surface area is 188 Å². The summed E-state index contributed by atoms with van der Waals surface area (Å²) in [6.45, 7) is 3.62. The van der Waals surface area contributed by atoms with Crippen molar-refractivity contribution in [2.45, 2.75) is 13.8 Å². The molecule has 2 aromatic carbocycles. The number of fused-ring (bicyclic) bond motifs is 1. The van der Waals surface area contributed by atoms with E-state index in [-0.39, 0.29) is 18.1 Å². The number of esters is 1. The lowest BCUT2D eigenvalue weighted by Crippen LogP contribution is -2.23. The quantitative estimate of drug-likeness (QED) is 0.406. The Morgan fingerprint density at radius 3 is 2.34 bits per heavy atom. The molecule has 2 aromatic heterocycles. The number of pyridine rings is 1. The maximum atomic E-state index is 13.3. The van der Waals surface area contributed by atoms with Gasteiger partial charge < -0.3 is 9.47 Å². The first kappa shape index (κ1) is 21.5. The number of nitrogens with zero attached hydrogens (tertiary/aromatic N) is 1. The first-order chi connectivity index (χ1) is 15.5. The molecule has 32 heavy (non-hydrogen) atoms. The number of rotatable bonds is 5. The average molecular weight is 448 g/mol. The van der Waals surface area contributed by atoms with Crippen LogP contribution in [0.25, 0.3) is 20.7 Å². The van der Waals surface area contributed by atoms with Gasteiger partial charge in [0.2, 0.25) is 5.43 Å². The molecule has 0 saturated heterocycles. The van der Waals surface area contributed by atoms with Crippen molar-refractivity contribution in [3.63, 3.8) is 0 Å². The number of aryl methyl sites for hydroxylation is 1. The van der Waals surface area contributed by atoms with Gasteiger partial charge >= 0.3 is 5.97 Å². The van der Waals surface area contributed by atoms with Crippen molar-refractivity contribution in [1.82, 2.24) is 4.57 Å². The number of hydrogen-bond acceptors (Lipinski definition) is 6. The summed E-state index contributed by atoms with van der Waals surface area (Å²) in [5.74, 6) is -0.356. The highest BCUT2D eigenvalue weighted by atomic mass is 32.1. The zero-order valence-corrected chi connectivity index (χ0v) is 18.7. The van der Waals surface area contributed by atoms with Crippen LogP contribution in [-0.4, -0.2) is 30.2 Å². The van der Waals surface area contributed by atoms with Crippen molar-refractivity contribution in [3.8, 4) is 16.2 Å². The van der Waals surface area contributed by atoms with Crippen molar-refractivity contribution < 1.29 is 19.1 Å². The van der Waals surface area contributed by atoms with Crippen LogP contribution in [0, 0.1) is 6.92 Å². The van der Waals surface area contributed by atoms with Gasteiger partial charge in [0.1, 0.15) is 16.1 Å². The third-order valence-electron chi connectivity index (χ3n) is 5.16. The van der Waals surface area contributed by atoms with Crippen LogP contribution in [-0.2, 0) is 4.74 Å². The fourth-order valence-electron chi connectivity index (χ4n) is 3.56. The van der Waals surface area contributed by atoms with Gasteiger partial charge in [-0.05, 0) is 61.4 Å². The molecule has 0 bridgehead atoms. The summed E-state index contributed by atoms with van der Waals surface area (Å²) in [7, 11) is 1.60. The first-order valence-electron chi connectivity index (χ1n) is 10.1. The Bertz CT molecular complexity index is 1370. The summed E-state index contributed by atoms with van der Waals surface area (Å²) in [5.41, 5.74) is 1.44. The third kappa shape index (κ3) is 3.71. The zero-order chi connectivity index (χ0) is 22.8. The van der Waals surface area contributed by atoms with Gasteiger partial charge in [-0.15, -0.1) is 11.3 Å². The normalized spacial score (nSPS) is 10.8. The number of carbonyl (C=O) groups is 2. The molecular formula is C25H21NO5S. The second-order valence-electron chi connectivity index (χ2n) is 7.10. The van der Waals surface area contributed by atoms with Crippen LogP contribution in [0.5, 0.6) is 5.75 Å². The third-order valence-corrected chi connectivity index (χ3v) is 6.50. The first-order valence-corrected chi connectivity index (χ1v) is 10.9. The van der Waals surface area contributed by atoms with Crippen LogP contribution < -0.4 is 10.2 Å². The van der Waals surface area contributed by atoms with Gasteiger partial charge in [0, 0.05) is 16.6 Å². The molecule has 0 aliphatic heterocycles. The molecule has 0 spiro atoms. The summed E-state index contributed by atoms with van der Waals surface area (Å²) in [6.07, 6.45) is 1.30. The van der Waals surface area contributed by atoms with E-state index in [1.807, 2.05) is 37.3 Å². The molecular weight excluding hydrogens is 426 g/mol. The predicted molar refractivity (Wildman–Crippen MR) is 125 cm³/mol. The van der Waals surface area contributed by atoms with Gasteiger partial charge in [0.05, 0.1) is 19.1 Å². The number of benzene rings is 2. The SMILES string of the molecule is CCOC(=O)c1cn(C(=O)c2ccccc2)c2sc(-c3ccc(OC)cc3)c(C)c2c1=O. The van der Waals surface area contributed by atoms with Crippen LogP contribution in [0.15, 0.2) is 65.6 Å². The number of hydrogen-bond donors (Lipinski definition) is 0.